The molecule has 0 amide bonds. The highest BCUT2D eigenvalue weighted by Crippen LogP contribution is 2.15. The lowest BCUT2D eigenvalue weighted by molar-refractivity contribution is 0.248. The molecule has 3 heterocycles. The Balaban J connectivity index is 1.35. The minimum absolute atomic E-state index is 0.568. The van der Waals surface area contributed by atoms with Gasteiger partial charge >= 0.3 is 0 Å². The van der Waals surface area contributed by atoms with E-state index in [1.54, 1.807) is 12.4 Å². The van der Waals surface area contributed by atoms with Crippen LogP contribution in [-0.2, 0) is 6.54 Å². The molecule has 0 radical (unpaired) electrons. The topological polar surface area (TPSA) is 50.1 Å². The van der Waals surface area contributed by atoms with Gasteiger partial charge in [0.15, 0.2) is 0 Å². The van der Waals surface area contributed by atoms with Crippen LogP contribution < -0.4 is 4.90 Å². The quantitative estimate of drug-likeness (QED) is 0.708. The molecule has 1 aromatic carbocycles. The van der Waals surface area contributed by atoms with Crippen LogP contribution in [0.1, 0.15) is 11.1 Å². The molecule has 26 heavy (non-hydrogen) atoms. The predicted molar refractivity (Wildman–Crippen MR) is 103 cm³/mol. The predicted octanol–water partition coefficient (Wildman–Crippen LogP) is 2.95. The lowest BCUT2D eigenvalue weighted by atomic mass is 10.2. The average molecular weight is 369 g/mol. The van der Waals surface area contributed by atoms with E-state index in [4.69, 9.17) is 11.6 Å². The molecule has 134 valence electrons. The van der Waals surface area contributed by atoms with Gasteiger partial charge in [-0.3, -0.25) is 4.90 Å². The molecule has 1 saturated heterocycles. The highest BCUT2D eigenvalue weighted by Gasteiger charge is 2.19. The minimum Gasteiger partial charge on any atom is -0.338 e. The first kappa shape index (κ1) is 17.0. The second-order valence-electron chi connectivity index (χ2n) is 6.60. The van der Waals surface area contributed by atoms with E-state index in [-0.39, 0.29) is 0 Å². The Kier molecular flexibility index (Phi) is 4.86. The zero-order valence-electron chi connectivity index (χ0n) is 14.7. The number of rotatable bonds is 4. The lowest BCUT2D eigenvalue weighted by Crippen LogP contribution is -2.46. The van der Waals surface area contributed by atoms with E-state index in [0.717, 1.165) is 44.4 Å². The maximum atomic E-state index is 5.86. The van der Waals surface area contributed by atoms with Crippen molar-refractivity contribution in [2.75, 3.05) is 31.1 Å². The minimum atomic E-state index is 0.568. The third-order valence-corrected chi connectivity index (χ3v) is 4.77. The standard InChI is InChI=1S/C19H21ClN6/c1-15-3-2-4-18(9-15)26-14-16(10-23-26)13-24-5-7-25(8-6-24)19-21-11-17(20)12-22-19/h2-4,9-12,14H,5-8,13H2,1H3. The Bertz CT molecular complexity index is 868. The molecule has 0 spiro atoms. The van der Waals surface area contributed by atoms with Crippen molar-refractivity contribution >= 4 is 17.5 Å². The number of nitrogens with zero attached hydrogens (tertiary/aromatic N) is 6. The molecule has 0 saturated carbocycles. The molecule has 3 aromatic rings. The molecule has 0 unspecified atom stereocenters. The Hall–Kier alpha value is -2.44. The van der Waals surface area contributed by atoms with Crippen molar-refractivity contribution in [2.24, 2.45) is 0 Å². The number of aryl methyl sites for hydroxylation is 1. The van der Waals surface area contributed by atoms with Crippen LogP contribution in [0.5, 0.6) is 0 Å². The molecule has 7 heteroatoms. The maximum Gasteiger partial charge on any atom is 0.225 e. The van der Waals surface area contributed by atoms with Crippen LogP contribution in [0.25, 0.3) is 5.69 Å². The van der Waals surface area contributed by atoms with Crippen LogP contribution in [0.2, 0.25) is 5.02 Å². The number of halogens is 1. The second kappa shape index (κ2) is 7.43. The van der Waals surface area contributed by atoms with Crippen molar-refractivity contribution in [3.05, 3.63) is 65.2 Å². The summed E-state index contributed by atoms with van der Waals surface area (Å²) in [4.78, 5) is 13.2. The van der Waals surface area contributed by atoms with Gasteiger partial charge < -0.3 is 4.90 Å². The number of benzene rings is 1. The SMILES string of the molecule is Cc1cccc(-n2cc(CN3CCN(c4ncc(Cl)cn4)CC3)cn2)c1. The summed E-state index contributed by atoms with van der Waals surface area (Å²) >= 11 is 5.86. The van der Waals surface area contributed by atoms with E-state index >= 15 is 0 Å². The summed E-state index contributed by atoms with van der Waals surface area (Å²) in [5.41, 5.74) is 3.56. The van der Waals surface area contributed by atoms with Gasteiger partial charge in [0.2, 0.25) is 5.95 Å². The van der Waals surface area contributed by atoms with Crippen molar-refractivity contribution in [2.45, 2.75) is 13.5 Å². The van der Waals surface area contributed by atoms with Gasteiger partial charge in [-0.05, 0) is 24.6 Å². The van der Waals surface area contributed by atoms with Gasteiger partial charge in [-0.15, -0.1) is 0 Å². The molecule has 0 bridgehead atoms. The Morgan fingerprint density at radius 2 is 1.81 bits per heavy atom. The van der Waals surface area contributed by atoms with E-state index < -0.39 is 0 Å². The van der Waals surface area contributed by atoms with Gasteiger partial charge in [0.25, 0.3) is 0 Å². The fourth-order valence-electron chi connectivity index (χ4n) is 3.19. The summed E-state index contributed by atoms with van der Waals surface area (Å²) in [6, 6.07) is 8.37. The van der Waals surface area contributed by atoms with Gasteiger partial charge in [-0.25, -0.2) is 14.6 Å². The molecule has 0 aliphatic carbocycles. The van der Waals surface area contributed by atoms with Crippen LogP contribution in [0.4, 0.5) is 5.95 Å². The number of anilines is 1. The zero-order valence-corrected chi connectivity index (χ0v) is 15.5. The molecule has 1 aliphatic heterocycles. The largest absolute Gasteiger partial charge is 0.338 e. The summed E-state index contributed by atoms with van der Waals surface area (Å²) in [5, 5.41) is 5.08. The first-order valence-electron chi connectivity index (χ1n) is 8.73. The van der Waals surface area contributed by atoms with Gasteiger partial charge in [0.1, 0.15) is 0 Å². The average Bonchev–Trinajstić information content (AvgIpc) is 3.12. The van der Waals surface area contributed by atoms with Gasteiger partial charge in [0.05, 0.1) is 29.3 Å². The zero-order chi connectivity index (χ0) is 17.9. The molecule has 0 atom stereocenters. The molecule has 1 fully saturated rings. The number of aromatic nitrogens is 4. The first-order valence-corrected chi connectivity index (χ1v) is 9.10. The molecule has 6 nitrogen and oxygen atoms in total. The number of hydrogen-bond acceptors (Lipinski definition) is 5. The molecule has 0 N–H and O–H groups in total. The van der Waals surface area contributed by atoms with Crippen molar-refractivity contribution in [1.29, 1.82) is 0 Å². The smallest absolute Gasteiger partial charge is 0.225 e. The molecule has 2 aromatic heterocycles. The summed E-state index contributed by atoms with van der Waals surface area (Å²) in [5.74, 6) is 0.751. The molecular weight excluding hydrogens is 348 g/mol. The van der Waals surface area contributed by atoms with E-state index in [1.807, 2.05) is 10.9 Å². The summed E-state index contributed by atoms with van der Waals surface area (Å²) in [7, 11) is 0. The maximum absolute atomic E-state index is 5.86. The molecule has 1 aliphatic rings. The summed E-state index contributed by atoms with van der Waals surface area (Å²) in [6.45, 7) is 6.77. The highest BCUT2D eigenvalue weighted by atomic mass is 35.5. The number of hydrogen-bond donors (Lipinski definition) is 0. The Labute approximate surface area is 158 Å². The van der Waals surface area contributed by atoms with Crippen molar-refractivity contribution < 1.29 is 0 Å². The highest BCUT2D eigenvalue weighted by molar-refractivity contribution is 6.30. The first-order chi connectivity index (χ1) is 12.7. The van der Waals surface area contributed by atoms with Crippen molar-refractivity contribution in [1.82, 2.24) is 24.6 Å². The summed E-state index contributed by atoms with van der Waals surface area (Å²) in [6.07, 6.45) is 7.37. The molecular formula is C19H21ClN6. The third-order valence-electron chi connectivity index (χ3n) is 4.57. The summed E-state index contributed by atoms with van der Waals surface area (Å²) < 4.78 is 1.94. The van der Waals surface area contributed by atoms with Gasteiger partial charge in [0, 0.05) is 44.5 Å². The Morgan fingerprint density at radius 1 is 1.04 bits per heavy atom. The fraction of sp³-hybridized carbons (Fsp3) is 0.316. The lowest BCUT2D eigenvalue weighted by Gasteiger charge is -2.34. The monoisotopic (exact) mass is 368 g/mol. The number of piperazine rings is 1. The third kappa shape index (κ3) is 3.86. The van der Waals surface area contributed by atoms with Crippen LogP contribution in [0.15, 0.2) is 49.1 Å². The molecule has 4 rings (SSSR count). The normalized spacial score (nSPS) is 15.4. The van der Waals surface area contributed by atoms with Crippen LogP contribution in [-0.4, -0.2) is 50.8 Å². The van der Waals surface area contributed by atoms with E-state index in [9.17, 15) is 0 Å². The van der Waals surface area contributed by atoms with E-state index in [2.05, 4.69) is 62.3 Å². The van der Waals surface area contributed by atoms with E-state index in [1.165, 1.54) is 11.1 Å². The Morgan fingerprint density at radius 3 is 2.54 bits per heavy atom. The van der Waals surface area contributed by atoms with Crippen molar-refractivity contribution in [3.63, 3.8) is 0 Å². The van der Waals surface area contributed by atoms with Crippen molar-refractivity contribution in [3.8, 4) is 5.69 Å². The van der Waals surface area contributed by atoms with Crippen LogP contribution in [0.3, 0.4) is 0 Å². The van der Waals surface area contributed by atoms with Crippen LogP contribution in [0, 0.1) is 6.92 Å². The van der Waals surface area contributed by atoms with Gasteiger partial charge in [-0.2, -0.15) is 5.10 Å². The van der Waals surface area contributed by atoms with Crippen LogP contribution >= 0.6 is 11.6 Å². The van der Waals surface area contributed by atoms with Gasteiger partial charge in [-0.1, -0.05) is 23.7 Å². The van der Waals surface area contributed by atoms with E-state index in [0.29, 0.717) is 5.02 Å². The fourth-order valence-corrected chi connectivity index (χ4v) is 3.28. The second-order valence-corrected chi connectivity index (χ2v) is 7.03.